The Hall–Kier alpha value is -2.69. The van der Waals surface area contributed by atoms with Crippen LogP contribution in [0.5, 0.6) is 0 Å². The summed E-state index contributed by atoms with van der Waals surface area (Å²) in [5.74, 6) is -0.00640. The molecule has 0 aliphatic carbocycles. The fourth-order valence-corrected chi connectivity index (χ4v) is 2.98. The van der Waals surface area contributed by atoms with Crippen LogP contribution in [0.1, 0.15) is 39.1 Å². The number of rotatable bonds is 3. The number of pyridine rings is 1. The van der Waals surface area contributed by atoms with Gasteiger partial charge in [-0.1, -0.05) is 18.2 Å². The molecule has 0 bridgehead atoms. The van der Waals surface area contributed by atoms with E-state index >= 15 is 0 Å². The molecule has 0 spiro atoms. The molecule has 1 aromatic heterocycles. The molecule has 2 aromatic rings. The molecule has 2 heterocycles. The van der Waals surface area contributed by atoms with Gasteiger partial charge in [-0.2, -0.15) is 0 Å². The number of piperidine rings is 1. The highest BCUT2D eigenvalue weighted by Gasteiger charge is 2.25. The zero-order chi connectivity index (χ0) is 16.9. The van der Waals surface area contributed by atoms with Crippen LogP contribution in [0.3, 0.4) is 0 Å². The van der Waals surface area contributed by atoms with Crippen LogP contribution in [0.2, 0.25) is 0 Å². The number of carbonyl (C=O) groups is 2. The first-order valence-electron chi connectivity index (χ1n) is 8.21. The van der Waals surface area contributed by atoms with Gasteiger partial charge in [-0.15, -0.1) is 0 Å². The highest BCUT2D eigenvalue weighted by Crippen LogP contribution is 2.16. The number of hydrogen-bond acceptors (Lipinski definition) is 3. The van der Waals surface area contributed by atoms with Gasteiger partial charge in [-0.3, -0.25) is 14.6 Å². The predicted molar refractivity (Wildman–Crippen MR) is 91.8 cm³/mol. The minimum atomic E-state index is -0.0823. The third kappa shape index (κ3) is 3.62. The molecule has 0 unspecified atom stereocenters. The lowest BCUT2D eigenvalue weighted by atomic mass is 10.0. The Morgan fingerprint density at radius 2 is 1.75 bits per heavy atom. The van der Waals surface area contributed by atoms with E-state index in [2.05, 4.69) is 10.3 Å². The average molecular weight is 323 g/mol. The van der Waals surface area contributed by atoms with E-state index < -0.39 is 0 Å². The highest BCUT2D eigenvalue weighted by atomic mass is 16.2. The van der Waals surface area contributed by atoms with E-state index in [1.807, 2.05) is 36.1 Å². The zero-order valence-electron chi connectivity index (χ0n) is 13.7. The maximum absolute atomic E-state index is 12.6. The molecule has 1 aliphatic heterocycles. The standard InChI is InChI=1S/C19H21N3O2/c1-14-4-2-3-5-17(14)19(24)22-12-8-16(9-13-22)21-18(23)15-6-10-20-11-7-15/h2-7,10-11,16H,8-9,12-13H2,1H3,(H,21,23). The van der Waals surface area contributed by atoms with Crippen molar-refractivity contribution in [1.29, 1.82) is 0 Å². The summed E-state index contributed by atoms with van der Waals surface area (Å²) < 4.78 is 0. The van der Waals surface area contributed by atoms with Crippen molar-refractivity contribution < 1.29 is 9.59 Å². The lowest BCUT2D eigenvalue weighted by molar-refractivity contribution is 0.0697. The summed E-state index contributed by atoms with van der Waals surface area (Å²) in [5.41, 5.74) is 2.37. The van der Waals surface area contributed by atoms with Crippen molar-refractivity contribution in [3.63, 3.8) is 0 Å². The van der Waals surface area contributed by atoms with Gasteiger partial charge < -0.3 is 10.2 Å². The molecule has 0 atom stereocenters. The molecule has 1 fully saturated rings. The lowest BCUT2D eigenvalue weighted by Gasteiger charge is -2.32. The second kappa shape index (κ2) is 7.25. The molecule has 24 heavy (non-hydrogen) atoms. The van der Waals surface area contributed by atoms with E-state index in [-0.39, 0.29) is 17.9 Å². The summed E-state index contributed by atoms with van der Waals surface area (Å²) >= 11 is 0. The largest absolute Gasteiger partial charge is 0.349 e. The van der Waals surface area contributed by atoms with E-state index in [0.29, 0.717) is 18.7 Å². The zero-order valence-corrected chi connectivity index (χ0v) is 13.7. The molecule has 1 aromatic carbocycles. The Morgan fingerprint density at radius 1 is 1.08 bits per heavy atom. The lowest BCUT2D eigenvalue weighted by Crippen LogP contribution is -2.46. The van der Waals surface area contributed by atoms with E-state index in [1.165, 1.54) is 0 Å². The Morgan fingerprint density at radius 3 is 2.42 bits per heavy atom. The fourth-order valence-electron chi connectivity index (χ4n) is 2.98. The van der Waals surface area contributed by atoms with E-state index in [0.717, 1.165) is 24.0 Å². The number of amides is 2. The number of aromatic nitrogens is 1. The number of carbonyl (C=O) groups excluding carboxylic acids is 2. The molecule has 1 saturated heterocycles. The van der Waals surface area contributed by atoms with Crippen LogP contribution < -0.4 is 5.32 Å². The van der Waals surface area contributed by atoms with Crippen molar-refractivity contribution in [1.82, 2.24) is 15.2 Å². The first-order chi connectivity index (χ1) is 11.6. The molecular weight excluding hydrogens is 302 g/mol. The van der Waals surface area contributed by atoms with Gasteiger partial charge in [0.15, 0.2) is 0 Å². The number of aryl methyl sites for hydroxylation is 1. The van der Waals surface area contributed by atoms with Gasteiger partial charge >= 0.3 is 0 Å². The van der Waals surface area contributed by atoms with Crippen molar-refractivity contribution >= 4 is 11.8 Å². The molecule has 0 saturated carbocycles. The quantitative estimate of drug-likeness (QED) is 0.943. The van der Waals surface area contributed by atoms with Crippen molar-refractivity contribution in [3.05, 3.63) is 65.5 Å². The van der Waals surface area contributed by atoms with Gasteiger partial charge in [0.05, 0.1) is 0 Å². The molecule has 5 nitrogen and oxygen atoms in total. The maximum atomic E-state index is 12.6. The highest BCUT2D eigenvalue weighted by molar-refractivity contribution is 5.96. The minimum Gasteiger partial charge on any atom is -0.349 e. The van der Waals surface area contributed by atoms with Crippen LogP contribution in [0.15, 0.2) is 48.8 Å². The summed E-state index contributed by atoms with van der Waals surface area (Å²) in [6, 6.07) is 11.2. The van der Waals surface area contributed by atoms with Crippen LogP contribution >= 0.6 is 0 Å². The Balaban J connectivity index is 1.55. The molecule has 2 amide bonds. The first-order valence-corrected chi connectivity index (χ1v) is 8.21. The topological polar surface area (TPSA) is 62.3 Å². The van der Waals surface area contributed by atoms with Gasteiger partial charge in [0.2, 0.25) is 0 Å². The predicted octanol–water partition coefficient (Wildman–Crippen LogP) is 2.42. The van der Waals surface area contributed by atoms with Crippen molar-refractivity contribution in [2.24, 2.45) is 0 Å². The van der Waals surface area contributed by atoms with E-state index in [9.17, 15) is 9.59 Å². The number of nitrogens with zero attached hydrogens (tertiary/aromatic N) is 2. The molecule has 1 aliphatic rings. The molecule has 3 rings (SSSR count). The summed E-state index contributed by atoms with van der Waals surface area (Å²) in [5, 5.41) is 3.04. The van der Waals surface area contributed by atoms with Gasteiger partial charge in [-0.25, -0.2) is 0 Å². The summed E-state index contributed by atoms with van der Waals surface area (Å²) in [7, 11) is 0. The van der Waals surface area contributed by atoms with Gasteiger partial charge in [0.25, 0.3) is 11.8 Å². The van der Waals surface area contributed by atoms with Crippen LogP contribution in [0, 0.1) is 6.92 Å². The van der Waals surface area contributed by atoms with Gasteiger partial charge in [-0.05, 0) is 43.5 Å². The minimum absolute atomic E-state index is 0.0759. The van der Waals surface area contributed by atoms with Gasteiger partial charge in [0.1, 0.15) is 0 Å². The second-order valence-corrected chi connectivity index (χ2v) is 6.09. The van der Waals surface area contributed by atoms with Crippen LogP contribution in [0.25, 0.3) is 0 Å². The SMILES string of the molecule is Cc1ccccc1C(=O)N1CCC(NC(=O)c2ccncc2)CC1. The summed E-state index contributed by atoms with van der Waals surface area (Å²) in [6.07, 6.45) is 4.76. The van der Waals surface area contributed by atoms with Crippen LogP contribution in [-0.2, 0) is 0 Å². The summed E-state index contributed by atoms with van der Waals surface area (Å²) in [6.45, 7) is 3.28. The molecule has 1 N–H and O–H groups in total. The first kappa shape index (κ1) is 16.2. The molecule has 5 heteroatoms. The molecule has 0 radical (unpaired) electrons. The van der Waals surface area contributed by atoms with E-state index in [1.54, 1.807) is 24.5 Å². The molecular formula is C19H21N3O2. The van der Waals surface area contributed by atoms with Crippen molar-refractivity contribution in [2.75, 3.05) is 13.1 Å². The van der Waals surface area contributed by atoms with Crippen molar-refractivity contribution in [3.8, 4) is 0 Å². The Bertz CT molecular complexity index is 722. The Kier molecular flexibility index (Phi) is 4.89. The summed E-state index contributed by atoms with van der Waals surface area (Å²) in [4.78, 5) is 30.6. The van der Waals surface area contributed by atoms with Crippen molar-refractivity contribution in [2.45, 2.75) is 25.8 Å². The number of nitrogens with one attached hydrogen (secondary N) is 1. The van der Waals surface area contributed by atoms with Crippen LogP contribution in [0.4, 0.5) is 0 Å². The second-order valence-electron chi connectivity index (χ2n) is 6.09. The fraction of sp³-hybridized carbons (Fsp3) is 0.316. The smallest absolute Gasteiger partial charge is 0.254 e. The Labute approximate surface area is 141 Å². The normalized spacial score (nSPS) is 15.1. The number of hydrogen-bond donors (Lipinski definition) is 1. The average Bonchev–Trinajstić information content (AvgIpc) is 2.63. The van der Waals surface area contributed by atoms with E-state index in [4.69, 9.17) is 0 Å². The third-order valence-corrected chi connectivity index (χ3v) is 4.44. The maximum Gasteiger partial charge on any atom is 0.254 e. The van der Waals surface area contributed by atoms with Crippen LogP contribution in [-0.4, -0.2) is 40.8 Å². The van der Waals surface area contributed by atoms with Gasteiger partial charge in [0, 0.05) is 42.7 Å². The molecule has 124 valence electrons. The third-order valence-electron chi connectivity index (χ3n) is 4.44. The number of benzene rings is 1. The number of likely N-dealkylation sites (tertiary alicyclic amines) is 1. The monoisotopic (exact) mass is 323 g/mol.